The molecule has 1 aromatic heterocycles. The van der Waals surface area contributed by atoms with E-state index in [1.54, 1.807) is 37.3 Å². The zero-order chi connectivity index (χ0) is 24.9. The number of aryl methyl sites for hydroxylation is 1. The summed E-state index contributed by atoms with van der Waals surface area (Å²) >= 11 is 0. The molecule has 0 saturated heterocycles. The van der Waals surface area contributed by atoms with Crippen LogP contribution >= 0.6 is 7.52 Å². The van der Waals surface area contributed by atoms with Gasteiger partial charge in [-0.05, 0) is 32.9 Å². The van der Waals surface area contributed by atoms with E-state index in [1.807, 2.05) is 0 Å². The zero-order valence-electron chi connectivity index (χ0n) is 18.7. The fraction of sp³-hybridized carbons (Fsp3) is 0.381. The van der Waals surface area contributed by atoms with Gasteiger partial charge in [-0.25, -0.2) is 14.3 Å². The number of ether oxygens (including phenoxy) is 3. The smallest absolute Gasteiger partial charge is 0.342 e. The summed E-state index contributed by atoms with van der Waals surface area (Å²) < 4.78 is 50.3. The van der Waals surface area contributed by atoms with E-state index < -0.39 is 55.5 Å². The Morgan fingerprint density at radius 2 is 2.03 bits per heavy atom. The second-order valence-corrected chi connectivity index (χ2v) is 9.41. The monoisotopic (exact) mass is 497 g/mol. The van der Waals surface area contributed by atoms with Gasteiger partial charge in [-0.15, -0.1) is 0 Å². The number of hydrogen-bond acceptors (Lipinski definition) is 8. The van der Waals surface area contributed by atoms with E-state index in [-0.39, 0.29) is 17.9 Å². The van der Waals surface area contributed by atoms with Crippen LogP contribution in [-0.4, -0.2) is 40.8 Å². The lowest BCUT2D eigenvalue weighted by Gasteiger charge is -2.24. The van der Waals surface area contributed by atoms with Gasteiger partial charge < -0.3 is 18.7 Å². The summed E-state index contributed by atoms with van der Waals surface area (Å²) in [5.74, 6) is -1.24. The second-order valence-electron chi connectivity index (χ2n) is 7.36. The van der Waals surface area contributed by atoms with Crippen molar-refractivity contribution in [3.05, 3.63) is 74.8 Å². The largest absolute Gasteiger partial charge is 0.465 e. The van der Waals surface area contributed by atoms with Crippen molar-refractivity contribution in [3.63, 3.8) is 0 Å². The van der Waals surface area contributed by atoms with Crippen molar-refractivity contribution >= 4 is 13.5 Å². The lowest BCUT2D eigenvalue weighted by atomic mass is 10.3. The van der Waals surface area contributed by atoms with Crippen molar-refractivity contribution in [2.45, 2.75) is 39.3 Å². The van der Waals surface area contributed by atoms with Crippen molar-refractivity contribution in [2.24, 2.45) is 0 Å². The minimum Gasteiger partial charge on any atom is -0.465 e. The Balaban J connectivity index is 1.74. The molecule has 34 heavy (non-hydrogen) atoms. The second kappa shape index (κ2) is 10.9. The molecule has 1 aromatic carbocycles. The van der Waals surface area contributed by atoms with Crippen molar-refractivity contribution in [2.75, 3.05) is 13.0 Å². The van der Waals surface area contributed by atoms with E-state index in [4.69, 9.17) is 18.7 Å². The Bertz CT molecular complexity index is 1210. The molecule has 3 rings (SSSR count). The van der Waals surface area contributed by atoms with E-state index >= 15 is 0 Å². The standard InChI is InChI=1S/C21H25FN3O8P/c1-4-30-20(27)14(3)24-34(29,33-15-8-6-5-7-9-15)12-31-17-10-16(22)19(32-17)25-11-13(2)18(26)23-21(25)28/h5-11,14,17,19H,4,12H2,1-3H3,(H,24,29)(H,23,26,28)/t14-,17-,19+,34+/m0/s1. The first-order valence-corrected chi connectivity index (χ1v) is 12.2. The number of esters is 1. The van der Waals surface area contributed by atoms with E-state index in [9.17, 15) is 23.3 Å². The number of carbonyl (C=O) groups is 1. The summed E-state index contributed by atoms with van der Waals surface area (Å²) in [5.41, 5.74) is -1.29. The van der Waals surface area contributed by atoms with E-state index in [0.717, 1.165) is 16.8 Å². The van der Waals surface area contributed by atoms with Crippen molar-refractivity contribution < 1.29 is 32.5 Å². The lowest BCUT2D eigenvalue weighted by molar-refractivity contribution is -0.144. The molecule has 1 aliphatic heterocycles. The van der Waals surface area contributed by atoms with Crippen LogP contribution in [0.1, 0.15) is 25.6 Å². The molecular weight excluding hydrogens is 472 g/mol. The van der Waals surface area contributed by atoms with Crippen LogP contribution in [-0.2, 0) is 23.6 Å². The van der Waals surface area contributed by atoms with Crippen molar-refractivity contribution in [3.8, 4) is 5.75 Å². The predicted molar refractivity (Wildman–Crippen MR) is 119 cm³/mol. The molecule has 0 bridgehead atoms. The molecular formula is C21H25FN3O8P. The molecule has 0 radical (unpaired) electrons. The first kappa shape index (κ1) is 25.6. The predicted octanol–water partition coefficient (Wildman–Crippen LogP) is 2.34. The minimum absolute atomic E-state index is 0.135. The summed E-state index contributed by atoms with van der Waals surface area (Å²) in [4.78, 5) is 37.7. The number of rotatable bonds is 10. The first-order chi connectivity index (χ1) is 16.1. The number of aromatic nitrogens is 2. The number of nitrogens with one attached hydrogen (secondary N) is 2. The highest BCUT2D eigenvalue weighted by Gasteiger charge is 2.35. The Hall–Kier alpha value is -3.05. The van der Waals surface area contributed by atoms with Crippen LogP contribution in [0.15, 0.2) is 58.0 Å². The van der Waals surface area contributed by atoms with E-state index in [2.05, 4.69) is 10.1 Å². The molecule has 0 unspecified atom stereocenters. The number of H-pyrrole nitrogens is 1. The van der Waals surface area contributed by atoms with Gasteiger partial charge in [0.2, 0.25) is 0 Å². The molecule has 11 nitrogen and oxygen atoms in total. The van der Waals surface area contributed by atoms with Gasteiger partial charge in [-0.1, -0.05) is 18.2 Å². The summed E-state index contributed by atoms with van der Waals surface area (Å²) in [5, 5.41) is 2.60. The molecule has 184 valence electrons. The topological polar surface area (TPSA) is 138 Å². The summed E-state index contributed by atoms with van der Waals surface area (Å²) in [6.07, 6.45) is -1.29. The molecule has 1 aliphatic rings. The Morgan fingerprint density at radius 1 is 1.32 bits per heavy atom. The van der Waals surface area contributed by atoms with Gasteiger partial charge in [-0.3, -0.25) is 23.7 Å². The van der Waals surface area contributed by atoms with Gasteiger partial charge in [-0.2, -0.15) is 0 Å². The molecule has 2 heterocycles. The summed E-state index contributed by atoms with van der Waals surface area (Å²) in [7, 11) is -3.88. The van der Waals surface area contributed by atoms with Crippen LogP contribution in [0.4, 0.5) is 4.39 Å². The van der Waals surface area contributed by atoms with Gasteiger partial charge in [0, 0.05) is 17.8 Å². The highest BCUT2D eigenvalue weighted by atomic mass is 31.2. The SMILES string of the molecule is CCOC(=O)[C@H](C)N[P@@](=O)(CO[C@@H]1C=C(F)[C@H](n2cc(C)c(=O)[nH]c2=O)O1)Oc1ccccc1. The van der Waals surface area contributed by atoms with Crippen LogP contribution < -0.4 is 20.9 Å². The third kappa shape index (κ3) is 6.29. The fourth-order valence-electron chi connectivity index (χ4n) is 3.02. The maximum atomic E-state index is 14.5. The number of para-hydroxylation sites is 1. The quantitative estimate of drug-likeness (QED) is 0.374. The van der Waals surface area contributed by atoms with E-state index in [1.165, 1.54) is 13.8 Å². The van der Waals surface area contributed by atoms with Gasteiger partial charge in [0.1, 0.15) is 11.8 Å². The first-order valence-electron chi connectivity index (χ1n) is 10.4. The van der Waals surface area contributed by atoms with Gasteiger partial charge in [0.05, 0.1) is 6.61 Å². The van der Waals surface area contributed by atoms with Crippen LogP contribution in [0.3, 0.4) is 0 Å². The summed E-state index contributed by atoms with van der Waals surface area (Å²) in [6, 6.07) is 7.21. The van der Waals surface area contributed by atoms with Crippen LogP contribution in [0, 0.1) is 6.92 Å². The molecule has 0 aliphatic carbocycles. The third-order valence-corrected chi connectivity index (χ3v) is 6.40. The molecule has 0 fully saturated rings. The Labute approximate surface area is 194 Å². The maximum Gasteiger partial charge on any atom is 0.342 e. The number of benzene rings is 1. The number of hydrogen-bond donors (Lipinski definition) is 2. The average molecular weight is 497 g/mol. The summed E-state index contributed by atoms with van der Waals surface area (Å²) in [6.45, 7) is 4.67. The van der Waals surface area contributed by atoms with Crippen LogP contribution in [0.2, 0.25) is 0 Å². The molecule has 4 atom stereocenters. The lowest BCUT2D eigenvalue weighted by Crippen LogP contribution is -2.36. The zero-order valence-corrected chi connectivity index (χ0v) is 19.6. The highest BCUT2D eigenvalue weighted by molar-refractivity contribution is 7.57. The molecule has 0 saturated carbocycles. The molecule has 13 heteroatoms. The van der Waals surface area contributed by atoms with Gasteiger partial charge >= 0.3 is 19.2 Å². The van der Waals surface area contributed by atoms with Crippen LogP contribution in [0.5, 0.6) is 5.75 Å². The number of aromatic amines is 1. The fourth-order valence-corrected chi connectivity index (χ4v) is 4.70. The van der Waals surface area contributed by atoms with Crippen molar-refractivity contribution in [1.29, 1.82) is 0 Å². The Kier molecular flexibility index (Phi) is 8.21. The molecule has 0 spiro atoms. The minimum atomic E-state index is -3.88. The van der Waals surface area contributed by atoms with Crippen molar-refractivity contribution in [1.82, 2.24) is 14.6 Å². The van der Waals surface area contributed by atoms with E-state index in [0.29, 0.717) is 0 Å². The third-order valence-electron chi connectivity index (χ3n) is 4.63. The van der Waals surface area contributed by atoms with Gasteiger partial charge in [0.25, 0.3) is 5.56 Å². The number of halogens is 1. The maximum absolute atomic E-state index is 14.5. The Morgan fingerprint density at radius 3 is 2.71 bits per heavy atom. The highest BCUT2D eigenvalue weighted by Crippen LogP contribution is 2.44. The molecule has 0 amide bonds. The average Bonchev–Trinajstić information content (AvgIpc) is 3.16. The normalized spacial score (nSPS) is 20.3. The molecule has 2 aromatic rings. The van der Waals surface area contributed by atoms with Crippen LogP contribution in [0.25, 0.3) is 0 Å². The number of carbonyl (C=O) groups excluding carboxylic acids is 1. The number of nitrogens with zero attached hydrogens (tertiary/aromatic N) is 1. The molecule has 2 N–H and O–H groups in total. The van der Waals surface area contributed by atoms with Gasteiger partial charge in [0.15, 0.2) is 24.7 Å².